The minimum atomic E-state index is -0.417. The van der Waals surface area contributed by atoms with E-state index in [-0.39, 0.29) is 12.1 Å². The summed E-state index contributed by atoms with van der Waals surface area (Å²) in [6.45, 7) is 8.24. The summed E-state index contributed by atoms with van der Waals surface area (Å²) in [6, 6.07) is 2.25. The number of hydrogen-bond donors (Lipinski definition) is 2. The highest BCUT2D eigenvalue weighted by Crippen LogP contribution is 2.30. The first-order chi connectivity index (χ1) is 10.4. The molecule has 2 heterocycles. The van der Waals surface area contributed by atoms with Gasteiger partial charge in [0.1, 0.15) is 5.60 Å². The summed E-state index contributed by atoms with van der Waals surface area (Å²) in [4.78, 5) is 14.4. The van der Waals surface area contributed by atoms with Crippen LogP contribution in [-0.2, 0) is 4.74 Å². The van der Waals surface area contributed by atoms with Gasteiger partial charge in [0.15, 0.2) is 0 Å². The van der Waals surface area contributed by atoms with Gasteiger partial charge in [0.25, 0.3) is 0 Å². The van der Waals surface area contributed by atoms with Crippen molar-refractivity contribution in [2.24, 2.45) is 0 Å². The number of piperidine rings is 1. The molecule has 2 unspecified atom stereocenters. The molecule has 5 heteroatoms. The van der Waals surface area contributed by atoms with Crippen molar-refractivity contribution in [3.05, 3.63) is 0 Å². The first-order valence-corrected chi connectivity index (χ1v) is 8.90. The van der Waals surface area contributed by atoms with Gasteiger partial charge in [-0.05, 0) is 59.4 Å². The van der Waals surface area contributed by atoms with E-state index >= 15 is 0 Å². The highest BCUT2D eigenvalue weighted by molar-refractivity contribution is 5.68. The van der Waals surface area contributed by atoms with Gasteiger partial charge in [-0.2, -0.15) is 0 Å². The van der Waals surface area contributed by atoms with Gasteiger partial charge in [0, 0.05) is 30.7 Å². The van der Waals surface area contributed by atoms with E-state index in [1.807, 2.05) is 20.8 Å². The van der Waals surface area contributed by atoms with Crippen LogP contribution in [0.15, 0.2) is 0 Å². The fraction of sp³-hybridized carbons (Fsp3) is 0.941. The zero-order chi connectivity index (χ0) is 15.7. The van der Waals surface area contributed by atoms with Gasteiger partial charge in [0.05, 0.1) is 0 Å². The minimum Gasteiger partial charge on any atom is -0.444 e. The normalized spacial score (nSPS) is 35.6. The highest BCUT2D eigenvalue weighted by Gasteiger charge is 2.39. The van der Waals surface area contributed by atoms with Gasteiger partial charge in [-0.3, -0.25) is 4.90 Å². The number of carbonyl (C=O) groups is 1. The molecule has 2 N–H and O–H groups in total. The number of rotatable bonds is 3. The van der Waals surface area contributed by atoms with Crippen LogP contribution < -0.4 is 10.6 Å². The van der Waals surface area contributed by atoms with Gasteiger partial charge in [0.2, 0.25) is 0 Å². The molecule has 126 valence electrons. The Balaban J connectivity index is 1.36. The van der Waals surface area contributed by atoms with E-state index in [1.165, 1.54) is 38.8 Å². The van der Waals surface area contributed by atoms with Crippen molar-refractivity contribution < 1.29 is 9.53 Å². The van der Waals surface area contributed by atoms with Gasteiger partial charge in [-0.25, -0.2) is 4.79 Å². The van der Waals surface area contributed by atoms with E-state index in [9.17, 15) is 4.79 Å². The quantitative estimate of drug-likeness (QED) is 0.839. The van der Waals surface area contributed by atoms with Crippen LogP contribution in [0.3, 0.4) is 0 Å². The van der Waals surface area contributed by atoms with Crippen LogP contribution in [0, 0.1) is 0 Å². The molecule has 5 nitrogen and oxygen atoms in total. The summed E-state index contributed by atoms with van der Waals surface area (Å²) >= 11 is 0. The number of hydrogen-bond acceptors (Lipinski definition) is 4. The topological polar surface area (TPSA) is 53.6 Å². The number of alkyl carbamates (subject to hydrolysis) is 1. The lowest BCUT2D eigenvalue weighted by Gasteiger charge is -2.40. The second-order valence-corrected chi connectivity index (χ2v) is 8.17. The highest BCUT2D eigenvalue weighted by atomic mass is 16.6. The van der Waals surface area contributed by atoms with E-state index in [2.05, 4.69) is 15.5 Å². The Morgan fingerprint density at radius 1 is 1.09 bits per heavy atom. The number of ether oxygens (including phenoxy) is 1. The summed E-state index contributed by atoms with van der Waals surface area (Å²) in [7, 11) is 0. The van der Waals surface area contributed by atoms with Crippen molar-refractivity contribution in [2.45, 2.75) is 89.1 Å². The van der Waals surface area contributed by atoms with Crippen LogP contribution in [0.25, 0.3) is 0 Å². The van der Waals surface area contributed by atoms with E-state index in [1.54, 1.807) is 0 Å². The van der Waals surface area contributed by atoms with Crippen molar-refractivity contribution >= 4 is 6.09 Å². The fourth-order valence-electron chi connectivity index (χ4n) is 4.09. The molecule has 1 saturated carbocycles. The van der Waals surface area contributed by atoms with Crippen molar-refractivity contribution in [3.63, 3.8) is 0 Å². The summed E-state index contributed by atoms with van der Waals surface area (Å²) in [6.07, 6.45) is 7.16. The number of fused-ring (bicyclic) bond motifs is 1. The molecule has 1 aliphatic carbocycles. The molecule has 3 rings (SSSR count). The first-order valence-electron chi connectivity index (χ1n) is 8.90. The molecule has 0 spiro atoms. The monoisotopic (exact) mass is 309 g/mol. The molecular formula is C17H31N3O2. The third kappa shape index (κ3) is 3.93. The molecule has 0 radical (unpaired) electrons. The third-order valence-electron chi connectivity index (χ3n) is 5.16. The minimum absolute atomic E-state index is 0.274. The third-order valence-corrected chi connectivity index (χ3v) is 5.16. The Kier molecular flexibility index (Phi) is 4.64. The predicted octanol–water partition coefficient (Wildman–Crippen LogP) is 2.26. The zero-order valence-electron chi connectivity index (χ0n) is 14.2. The van der Waals surface area contributed by atoms with Crippen LogP contribution in [-0.4, -0.2) is 53.9 Å². The second-order valence-electron chi connectivity index (χ2n) is 8.17. The molecule has 0 aromatic rings. The van der Waals surface area contributed by atoms with E-state index in [0.717, 1.165) is 18.9 Å². The first kappa shape index (κ1) is 16.1. The summed E-state index contributed by atoms with van der Waals surface area (Å²) < 4.78 is 5.31. The number of carbonyl (C=O) groups excluding carboxylic acids is 1. The molecule has 0 aromatic carbocycles. The van der Waals surface area contributed by atoms with Crippen LogP contribution >= 0.6 is 0 Å². The van der Waals surface area contributed by atoms with Crippen LogP contribution in [0.1, 0.15) is 59.3 Å². The molecule has 2 atom stereocenters. The Morgan fingerprint density at radius 2 is 1.86 bits per heavy atom. The molecule has 22 heavy (non-hydrogen) atoms. The summed E-state index contributed by atoms with van der Waals surface area (Å²) in [5.74, 6) is 0. The number of amides is 1. The molecule has 0 aromatic heterocycles. The zero-order valence-corrected chi connectivity index (χ0v) is 14.2. The van der Waals surface area contributed by atoms with Crippen LogP contribution in [0.5, 0.6) is 0 Å². The maximum Gasteiger partial charge on any atom is 0.407 e. The van der Waals surface area contributed by atoms with Gasteiger partial charge in [-0.15, -0.1) is 0 Å². The average molecular weight is 309 g/mol. The van der Waals surface area contributed by atoms with Gasteiger partial charge >= 0.3 is 6.09 Å². The van der Waals surface area contributed by atoms with Crippen molar-refractivity contribution in [2.75, 3.05) is 13.1 Å². The molecule has 2 aliphatic heterocycles. The molecule has 3 aliphatic rings. The Labute approximate surface area is 134 Å². The number of nitrogens with one attached hydrogen (secondary N) is 2. The van der Waals surface area contributed by atoms with E-state index in [0.29, 0.717) is 12.1 Å². The second kappa shape index (κ2) is 6.36. The Bertz CT molecular complexity index is 401. The van der Waals surface area contributed by atoms with Crippen molar-refractivity contribution in [1.29, 1.82) is 0 Å². The van der Waals surface area contributed by atoms with Gasteiger partial charge < -0.3 is 15.4 Å². The lowest BCUT2D eigenvalue weighted by atomic mass is 9.85. The van der Waals surface area contributed by atoms with E-state index < -0.39 is 5.60 Å². The molecular weight excluding hydrogens is 278 g/mol. The summed E-state index contributed by atoms with van der Waals surface area (Å²) in [5, 5.41) is 6.80. The Morgan fingerprint density at radius 3 is 2.59 bits per heavy atom. The van der Waals surface area contributed by atoms with Crippen LogP contribution in [0.4, 0.5) is 4.79 Å². The molecule has 2 saturated heterocycles. The lowest BCUT2D eigenvalue weighted by Crippen LogP contribution is -2.57. The van der Waals surface area contributed by atoms with Crippen molar-refractivity contribution in [3.8, 4) is 0 Å². The summed E-state index contributed by atoms with van der Waals surface area (Å²) in [5.41, 5.74) is -0.417. The molecule has 1 amide bonds. The Hall–Kier alpha value is -0.810. The number of nitrogens with zero attached hydrogens (tertiary/aromatic N) is 1. The molecule has 0 bridgehead atoms. The fourth-order valence-corrected chi connectivity index (χ4v) is 4.09. The maximum atomic E-state index is 11.7. The van der Waals surface area contributed by atoms with E-state index in [4.69, 9.17) is 4.74 Å². The van der Waals surface area contributed by atoms with Gasteiger partial charge in [-0.1, -0.05) is 6.42 Å². The molecule has 3 fully saturated rings. The van der Waals surface area contributed by atoms with Crippen molar-refractivity contribution in [1.82, 2.24) is 15.5 Å². The SMILES string of the molecule is CC(C)(C)OC(=O)NC1CC(NC2CCN3CCCCC23)C1. The van der Waals surface area contributed by atoms with Crippen LogP contribution in [0.2, 0.25) is 0 Å². The maximum absolute atomic E-state index is 11.7. The average Bonchev–Trinajstić information content (AvgIpc) is 2.77. The standard InChI is InChI=1S/C17H31N3O2/c1-17(2,3)22-16(21)19-13-10-12(11-13)18-14-7-9-20-8-5-4-6-15(14)20/h12-15,18H,4-11H2,1-3H3,(H,19,21). The smallest absolute Gasteiger partial charge is 0.407 e. The lowest BCUT2D eigenvalue weighted by molar-refractivity contribution is 0.0460. The largest absolute Gasteiger partial charge is 0.444 e. The predicted molar refractivity (Wildman–Crippen MR) is 86.9 cm³/mol.